The standard InChI is InChI=1S/C10H15N4O12P3.3Li/c15-10-8-9(11-4-12-10)14(5-13-8)7-2-1-6(24-7)3-23-28(19,20)26-29(21,22)25-27(16,17)18;;;/h4-7H,1-3H2,(H,19,20)(H,21,22)(H,11,12,15)(H2,16,17,18);;;/q;3*+1/p-3/t6-,7+;;;/m0.../s1. The van der Waals surface area contributed by atoms with Crippen molar-refractivity contribution in [2.24, 2.45) is 0 Å². The second-order valence-electron chi connectivity index (χ2n) is 5.67. The average molecular weight is 494 g/mol. The molecule has 2 aromatic rings. The summed E-state index contributed by atoms with van der Waals surface area (Å²) in [5, 5.41) is 0. The normalized spacial score (nSPS) is 23.6. The summed E-state index contributed by atoms with van der Waals surface area (Å²) in [6, 6.07) is 0. The zero-order chi connectivity index (χ0) is 21.4. The van der Waals surface area contributed by atoms with Gasteiger partial charge in [-0.05, 0) is 12.8 Å². The van der Waals surface area contributed by atoms with Crippen molar-refractivity contribution in [2.45, 2.75) is 25.2 Å². The molecule has 0 aromatic carbocycles. The molecule has 0 aliphatic carbocycles. The van der Waals surface area contributed by atoms with E-state index >= 15 is 0 Å². The van der Waals surface area contributed by atoms with Gasteiger partial charge in [-0.25, -0.2) is 18.6 Å². The minimum atomic E-state index is -5.95. The summed E-state index contributed by atoms with van der Waals surface area (Å²) in [5.41, 5.74) is -0.126. The van der Waals surface area contributed by atoms with E-state index in [0.29, 0.717) is 6.42 Å². The van der Waals surface area contributed by atoms with E-state index in [4.69, 9.17) is 9.63 Å². The van der Waals surface area contributed by atoms with Crippen LogP contribution in [0.15, 0.2) is 17.4 Å². The summed E-state index contributed by atoms with van der Waals surface area (Å²) in [7, 11) is -17.3. The number of hydrogen-bond acceptors (Lipinski definition) is 13. The van der Waals surface area contributed by atoms with Gasteiger partial charge in [0.1, 0.15) is 6.23 Å². The second kappa shape index (κ2) is 12.5. The Morgan fingerprint density at radius 3 is 2.41 bits per heavy atom. The summed E-state index contributed by atoms with van der Waals surface area (Å²) in [6.45, 7) is -0.661. The van der Waals surface area contributed by atoms with Crippen molar-refractivity contribution < 1.29 is 108 Å². The first kappa shape index (κ1) is 32.5. The largest absolute Gasteiger partial charge is 1.00 e. The minimum Gasteiger partial charge on any atom is -0.756 e. The molecule has 16 nitrogen and oxygen atoms in total. The molecule has 1 saturated heterocycles. The zero-order valence-electron chi connectivity index (χ0n) is 17.1. The molecular formula is C10H12Li3N4O12P3. The number of imidazole rings is 1. The Hall–Kier alpha value is 0.512. The van der Waals surface area contributed by atoms with Crippen LogP contribution in [-0.2, 0) is 31.6 Å². The summed E-state index contributed by atoms with van der Waals surface area (Å²) >= 11 is 0. The molecule has 1 aliphatic heterocycles. The molecule has 0 amide bonds. The first-order chi connectivity index (χ1) is 13.4. The van der Waals surface area contributed by atoms with Crippen LogP contribution in [0.2, 0.25) is 0 Å². The van der Waals surface area contributed by atoms with Gasteiger partial charge in [0.25, 0.3) is 29.0 Å². The Bertz CT molecular complexity index is 1110. The second-order valence-corrected chi connectivity index (χ2v) is 9.96. The first-order valence-corrected chi connectivity index (χ1v) is 12.1. The molecule has 1 aliphatic rings. The van der Waals surface area contributed by atoms with Gasteiger partial charge >= 0.3 is 56.6 Å². The molecule has 22 heteroatoms. The first-order valence-electron chi connectivity index (χ1n) is 7.64. The van der Waals surface area contributed by atoms with Crippen molar-refractivity contribution in [3.63, 3.8) is 0 Å². The molecule has 3 unspecified atom stereocenters. The number of phosphoric ester groups is 1. The molecule has 0 spiro atoms. The SMILES string of the molecule is O=c1[nH]cnc2c1ncn2[C@H]1CC[C@@H](COP(=O)([O-])OP(=O)([O-])OP(=O)([O-])O)O1.[Li+].[Li+].[Li+]. The number of aromatic amines is 1. The predicted octanol–water partition coefficient (Wildman–Crippen LogP) is -10.7. The van der Waals surface area contributed by atoms with Crippen molar-refractivity contribution in [2.75, 3.05) is 6.61 Å². The number of hydrogen-bond donors (Lipinski definition) is 2. The van der Waals surface area contributed by atoms with Crippen LogP contribution in [-0.4, -0.2) is 37.1 Å². The van der Waals surface area contributed by atoms with E-state index < -0.39 is 48.0 Å². The number of ether oxygens (including phenoxy) is 1. The molecule has 32 heavy (non-hydrogen) atoms. The molecule has 0 radical (unpaired) electrons. The van der Waals surface area contributed by atoms with Crippen molar-refractivity contribution in [3.8, 4) is 0 Å². The fourth-order valence-corrected chi connectivity index (χ4v) is 5.47. The fraction of sp³-hybridized carbons (Fsp3) is 0.500. The molecule has 2 N–H and O–H groups in total. The molecular weight excluding hydrogens is 482 g/mol. The van der Waals surface area contributed by atoms with Gasteiger partial charge in [0, 0.05) is 0 Å². The van der Waals surface area contributed by atoms with Gasteiger partial charge in [0.15, 0.2) is 11.2 Å². The minimum absolute atomic E-state index is 0. The molecule has 5 atom stereocenters. The number of H-pyrrole nitrogens is 1. The van der Waals surface area contributed by atoms with Crippen LogP contribution in [0.5, 0.6) is 0 Å². The van der Waals surface area contributed by atoms with Crippen LogP contribution in [0.4, 0.5) is 0 Å². The van der Waals surface area contributed by atoms with E-state index in [1.54, 1.807) is 0 Å². The Kier molecular flexibility index (Phi) is 12.7. The van der Waals surface area contributed by atoms with E-state index in [1.807, 2.05) is 0 Å². The zero-order valence-corrected chi connectivity index (χ0v) is 19.7. The number of nitrogens with one attached hydrogen (secondary N) is 1. The number of nitrogens with zero attached hydrogens (tertiary/aromatic N) is 3. The van der Waals surface area contributed by atoms with Crippen molar-refractivity contribution in [1.29, 1.82) is 0 Å². The number of phosphoric acid groups is 3. The molecule has 0 saturated carbocycles. The molecule has 3 rings (SSSR count). The summed E-state index contributed by atoms with van der Waals surface area (Å²) in [6.07, 6.45) is 1.69. The summed E-state index contributed by atoms with van der Waals surface area (Å²) < 4.78 is 51.2. The molecule has 1 fully saturated rings. The van der Waals surface area contributed by atoms with Gasteiger partial charge in [-0.15, -0.1) is 0 Å². The van der Waals surface area contributed by atoms with Crippen LogP contribution in [0, 0.1) is 0 Å². The third-order valence-corrected chi connectivity index (χ3v) is 7.27. The monoisotopic (exact) mass is 494 g/mol. The average Bonchev–Trinajstić information content (AvgIpc) is 3.16. The van der Waals surface area contributed by atoms with Crippen LogP contribution in [0.1, 0.15) is 19.1 Å². The van der Waals surface area contributed by atoms with Gasteiger partial charge in [-0.3, -0.25) is 23.1 Å². The maximum Gasteiger partial charge on any atom is 1.00 e. The summed E-state index contributed by atoms with van der Waals surface area (Å²) in [5.74, 6) is 0. The third kappa shape index (κ3) is 8.94. The van der Waals surface area contributed by atoms with E-state index in [1.165, 1.54) is 17.2 Å². The topological polar surface area (TPSA) is 241 Å². The van der Waals surface area contributed by atoms with Gasteiger partial charge in [-0.2, -0.15) is 0 Å². The summed E-state index contributed by atoms with van der Waals surface area (Å²) in [4.78, 5) is 63.3. The van der Waals surface area contributed by atoms with Gasteiger partial charge in [0.2, 0.25) is 0 Å². The molecule has 3 heterocycles. The Morgan fingerprint density at radius 1 is 1.12 bits per heavy atom. The maximum atomic E-state index is 11.7. The molecule has 162 valence electrons. The quantitative estimate of drug-likeness (QED) is 0.256. The fourth-order valence-electron chi connectivity index (χ4n) is 2.55. The Labute approximate surface area is 215 Å². The van der Waals surface area contributed by atoms with Crippen molar-refractivity contribution >= 4 is 34.6 Å². The van der Waals surface area contributed by atoms with E-state index in [9.17, 15) is 33.2 Å². The maximum absolute atomic E-state index is 11.7. The Balaban J connectivity index is 0.00000320. The number of rotatable bonds is 8. The van der Waals surface area contributed by atoms with E-state index in [2.05, 4.69) is 28.1 Å². The van der Waals surface area contributed by atoms with Crippen LogP contribution < -0.4 is 76.8 Å². The van der Waals surface area contributed by atoms with E-state index in [-0.39, 0.29) is 74.2 Å². The number of aromatic nitrogens is 4. The van der Waals surface area contributed by atoms with Crippen LogP contribution in [0.3, 0.4) is 0 Å². The van der Waals surface area contributed by atoms with Gasteiger partial charge in [-0.1, -0.05) is 0 Å². The van der Waals surface area contributed by atoms with E-state index in [0.717, 1.165) is 0 Å². The predicted molar refractivity (Wildman–Crippen MR) is 84.5 cm³/mol. The Morgan fingerprint density at radius 2 is 1.78 bits per heavy atom. The van der Waals surface area contributed by atoms with Crippen LogP contribution in [0.25, 0.3) is 11.2 Å². The third-order valence-electron chi connectivity index (χ3n) is 3.58. The van der Waals surface area contributed by atoms with Gasteiger partial charge < -0.3 is 33.8 Å². The molecule has 0 bridgehead atoms. The van der Waals surface area contributed by atoms with Gasteiger partial charge in [0.05, 0.1) is 25.4 Å². The number of fused-ring (bicyclic) bond motifs is 1. The van der Waals surface area contributed by atoms with Crippen LogP contribution >= 0.6 is 23.5 Å². The van der Waals surface area contributed by atoms with Crippen molar-refractivity contribution in [3.05, 3.63) is 23.0 Å². The smallest absolute Gasteiger partial charge is 0.756 e. The van der Waals surface area contributed by atoms with Crippen molar-refractivity contribution in [1.82, 2.24) is 19.5 Å². The molecule has 2 aromatic heterocycles.